The Morgan fingerprint density at radius 1 is 1.50 bits per heavy atom. The van der Waals surface area contributed by atoms with Crippen LogP contribution in [0.2, 0.25) is 0 Å². The molecule has 2 aliphatic rings. The molecule has 0 aliphatic carbocycles. The van der Waals surface area contributed by atoms with E-state index in [1.54, 1.807) is 6.21 Å². The summed E-state index contributed by atoms with van der Waals surface area (Å²) in [6.45, 7) is 0. The van der Waals surface area contributed by atoms with E-state index in [1.165, 1.54) is 6.20 Å². The second-order valence-corrected chi connectivity index (χ2v) is 2.38. The molecule has 1 N–H and O–H groups in total. The van der Waals surface area contributed by atoms with Gasteiger partial charge in [0.25, 0.3) is 0 Å². The largest absolute Gasteiger partial charge is 0.476 e. The van der Waals surface area contributed by atoms with E-state index in [-0.39, 0.29) is 5.71 Å². The molecule has 2 heterocycles. The number of carboxylic acid groups (broad SMARTS) is 1. The summed E-state index contributed by atoms with van der Waals surface area (Å²) in [5.74, 6) is -1.06. The van der Waals surface area contributed by atoms with Crippen molar-refractivity contribution in [3.63, 3.8) is 0 Å². The van der Waals surface area contributed by atoms with E-state index < -0.39 is 5.97 Å². The molecule has 2 rings (SSSR count). The van der Waals surface area contributed by atoms with Crippen LogP contribution in [-0.4, -0.2) is 28.7 Å². The summed E-state index contributed by atoms with van der Waals surface area (Å²) in [7, 11) is 0. The minimum atomic E-state index is -1.06. The van der Waals surface area contributed by atoms with E-state index in [2.05, 4.69) is 15.2 Å². The van der Waals surface area contributed by atoms with E-state index in [0.29, 0.717) is 17.7 Å². The molecule has 0 fully saturated rings. The lowest BCUT2D eigenvalue weighted by atomic mass is 10.0. The Labute approximate surface area is 67.8 Å². The molecule has 12 heavy (non-hydrogen) atoms. The van der Waals surface area contributed by atoms with Crippen molar-refractivity contribution in [2.45, 2.75) is 6.42 Å². The first-order valence-corrected chi connectivity index (χ1v) is 3.39. The lowest BCUT2D eigenvalue weighted by Crippen LogP contribution is -2.18. The Balaban J connectivity index is 2.40. The van der Waals surface area contributed by atoms with E-state index in [4.69, 9.17) is 5.11 Å². The van der Waals surface area contributed by atoms with Gasteiger partial charge in [-0.1, -0.05) is 0 Å². The molecule has 0 aromatic heterocycles. The Hall–Kier alpha value is -1.78. The van der Waals surface area contributed by atoms with Crippen molar-refractivity contribution in [1.82, 2.24) is 0 Å². The van der Waals surface area contributed by atoms with Gasteiger partial charge in [0.2, 0.25) is 0 Å². The Kier molecular flexibility index (Phi) is 1.36. The summed E-state index contributed by atoms with van der Waals surface area (Å²) in [6.07, 6.45) is 3.71. The van der Waals surface area contributed by atoms with E-state index in [9.17, 15) is 4.79 Å². The predicted molar refractivity (Wildman–Crippen MR) is 43.7 cm³/mol. The van der Waals surface area contributed by atoms with Gasteiger partial charge in [-0.3, -0.25) is 4.99 Å². The van der Waals surface area contributed by atoms with Crippen LogP contribution in [0.25, 0.3) is 0 Å². The first-order chi connectivity index (χ1) is 5.79. The summed E-state index contributed by atoms with van der Waals surface area (Å²) in [6, 6.07) is 0. The third kappa shape index (κ3) is 0.868. The summed E-state index contributed by atoms with van der Waals surface area (Å²) < 4.78 is 0. The Bertz CT molecular complexity index is 363. The molecule has 0 radical (unpaired) electrons. The quantitative estimate of drug-likeness (QED) is 0.601. The Morgan fingerprint density at radius 2 is 2.33 bits per heavy atom. The Morgan fingerprint density at radius 3 is 3.08 bits per heavy atom. The first-order valence-electron chi connectivity index (χ1n) is 3.39. The molecule has 0 saturated carbocycles. The van der Waals surface area contributed by atoms with Crippen LogP contribution in [0.15, 0.2) is 27.0 Å². The van der Waals surface area contributed by atoms with Gasteiger partial charge in [-0.05, 0) is 0 Å². The summed E-state index contributed by atoms with van der Waals surface area (Å²) in [5.41, 5.74) is 1.20. The third-order valence-corrected chi connectivity index (χ3v) is 1.63. The molecule has 5 heteroatoms. The van der Waals surface area contributed by atoms with Crippen LogP contribution >= 0.6 is 0 Å². The first kappa shape index (κ1) is 6.90. The normalized spacial score (nSPS) is 19.5. The number of aliphatic imine (C=N–C) groups is 1. The lowest BCUT2D eigenvalue weighted by molar-refractivity contribution is -0.129. The van der Waals surface area contributed by atoms with Gasteiger partial charge >= 0.3 is 5.97 Å². The molecule has 0 amide bonds. The van der Waals surface area contributed by atoms with Gasteiger partial charge in [-0.25, -0.2) is 4.79 Å². The topological polar surface area (TPSA) is 74.4 Å². The highest BCUT2D eigenvalue weighted by molar-refractivity contribution is 6.51. The number of nitrogens with zero attached hydrogens (tertiary/aromatic N) is 3. The molecule has 60 valence electrons. The molecule has 5 nitrogen and oxygen atoms in total. The van der Waals surface area contributed by atoms with Crippen LogP contribution in [0.3, 0.4) is 0 Å². The number of fused-ring (bicyclic) bond motifs is 1. The van der Waals surface area contributed by atoms with Crippen molar-refractivity contribution >= 4 is 23.6 Å². The molecule has 0 unspecified atom stereocenters. The third-order valence-electron chi connectivity index (χ3n) is 1.63. The average Bonchev–Trinajstić information content (AvgIpc) is 2.47. The summed E-state index contributed by atoms with van der Waals surface area (Å²) >= 11 is 0. The van der Waals surface area contributed by atoms with Crippen molar-refractivity contribution in [3.05, 3.63) is 11.8 Å². The second kappa shape index (κ2) is 2.37. The summed E-state index contributed by atoms with van der Waals surface area (Å²) in [4.78, 5) is 14.4. The number of rotatable bonds is 1. The fourth-order valence-corrected chi connectivity index (χ4v) is 1.07. The molecule has 0 spiro atoms. The molecular formula is C7H5N3O2. The highest BCUT2D eigenvalue weighted by atomic mass is 16.4. The standard InChI is InChI=1S/C7H5N3O2/c11-7(12)6-4-3-8-2-1-5(4)9-10-6/h2-3H,1H2,(H,11,12). The minimum absolute atomic E-state index is 0.0122. The minimum Gasteiger partial charge on any atom is -0.476 e. The molecule has 0 aromatic carbocycles. The zero-order chi connectivity index (χ0) is 8.55. The molecule has 0 bridgehead atoms. The van der Waals surface area contributed by atoms with Crippen LogP contribution in [0, 0.1) is 0 Å². The van der Waals surface area contributed by atoms with Gasteiger partial charge in [0.05, 0.1) is 11.3 Å². The monoisotopic (exact) mass is 163 g/mol. The highest BCUT2D eigenvalue weighted by Gasteiger charge is 2.25. The van der Waals surface area contributed by atoms with Gasteiger partial charge in [0, 0.05) is 18.8 Å². The molecular weight excluding hydrogens is 158 g/mol. The van der Waals surface area contributed by atoms with Crippen LogP contribution in [0.5, 0.6) is 0 Å². The van der Waals surface area contributed by atoms with Gasteiger partial charge in [0.1, 0.15) is 0 Å². The zero-order valence-corrected chi connectivity index (χ0v) is 6.06. The van der Waals surface area contributed by atoms with E-state index in [0.717, 1.165) is 0 Å². The highest BCUT2D eigenvalue weighted by Crippen LogP contribution is 2.15. The van der Waals surface area contributed by atoms with Gasteiger partial charge < -0.3 is 5.11 Å². The van der Waals surface area contributed by atoms with Crippen LogP contribution in [0.4, 0.5) is 0 Å². The predicted octanol–water partition coefficient (Wildman–Crippen LogP) is 0.240. The van der Waals surface area contributed by atoms with Crippen molar-refractivity contribution in [3.8, 4) is 0 Å². The second-order valence-electron chi connectivity index (χ2n) is 2.38. The van der Waals surface area contributed by atoms with E-state index >= 15 is 0 Å². The maximum Gasteiger partial charge on any atom is 0.357 e. The van der Waals surface area contributed by atoms with Crippen LogP contribution < -0.4 is 0 Å². The van der Waals surface area contributed by atoms with Crippen molar-refractivity contribution < 1.29 is 9.90 Å². The molecule has 0 atom stereocenters. The number of hydrogen-bond donors (Lipinski definition) is 1. The number of carbonyl (C=O) groups is 1. The SMILES string of the molecule is O=C(O)C1=NN=C2CC=NC=C21. The van der Waals surface area contributed by atoms with Gasteiger partial charge in [-0.2, -0.15) is 5.10 Å². The lowest BCUT2D eigenvalue weighted by Gasteiger charge is -2.02. The number of aliphatic carboxylic acids is 1. The van der Waals surface area contributed by atoms with Crippen LogP contribution in [-0.2, 0) is 4.79 Å². The fourth-order valence-electron chi connectivity index (χ4n) is 1.07. The summed E-state index contributed by atoms with van der Waals surface area (Å²) in [5, 5.41) is 15.9. The average molecular weight is 163 g/mol. The van der Waals surface area contributed by atoms with Crippen molar-refractivity contribution in [1.29, 1.82) is 0 Å². The number of carboxylic acids is 1. The maximum absolute atomic E-state index is 10.6. The maximum atomic E-state index is 10.6. The zero-order valence-electron chi connectivity index (χ0n) is 6.06. The molecule has 0 saturated heterocycles. The van der Waals surface area contributed by atoms with E-state index in [1.807, 2.05) is 0 Å². The molecule has 2 aliphatic heterocycles. The number of hydrogen-bond acceptors (Lipinski definition) is 4. The van der Waals surface area contributed by atoms with Crippen molar-refractivity contribution in [2.24, 2.45) is 15.2 Å². The smallest absolute Gasteiger partial charge is 0.357 e. The van der Waals surface area contributed by atoms with Crippen molar-refractivity contribution in [2.75, 3.05) is 0 Å². The fraction of sp³-hybridized carbons (Fsp3) is 0.143. The van der Waals surface area contributed by atoms with Crippen LogP contribution in [0.1, 0.15) is 6.42 Å². The molecule has 0 aromatic rings. The van der Waals surface area contributed by atoms with Gasteiger partial charge in [-0.15, -0.1) is 5.10 Å². The van der Waals surface area contributed by atoms with Gasteiger partial charge in [0.15, 0.2) is 5.71 Å².